The Bertz CT molecular complexity index is 683. The topological polar surface area (TPSA) is 55.6 Å². The minimum atomic E-state index is -0.616. The number of carbonyl (C=O) groups excluding carboxylic acids is 1. The molecule has 0 bridgehead atoms. The lowest BCUT2D eigenvalue weighted by Gasteiger charge is -2.36. The number of anilines is 2. The molecular weight excluding hydrogens is 276 g/mol. The lowest BCUT2D eigenvalue weighted by Crippen LogP contribution is -2.43. The number of carbonyl (C=O) groups is 1. The summed E-state index contributed by atoms with van der Waals surface area (Å²) >= 11 is 0. The van der Waals surface area contributed by atoms with Crippen molar-refractivity contribution in [3.63, 3.8) is 0 Å². The Morgan fingerprint density at radius 3 is 2.55 bits per heavy atom. The Balaban J connectivity index is 2.07. The molecule has 0 aliphatic carbocycles. The number of nitrogen functional groups attached to an aromatic ring is 1. The normalized spacial score (nSPS) is 17.3. The molecule has 1 amide bonds. The Morgan fingerprint density at radius 2 is 1.86 bits per heavy atom. The van der Waals surface area contributed by atoms with Crippen LogP contribution in [0.2, 0.25) is 0 Å². The third kappa shape index (κ3) is 2.52. The van der Waals surface area contributed by atoms with E-state index in [1.54, 1.807) is 11.0 Å². The quantitative estimate of drug-likeness (QED) is 0.883. The van der Waals surface area contributed by atoms with Gasteiger partial charge in [-0.2, -0.15) is 0 Å². The van der Waals surface area contributed by atoms with Crippen LogP contribution in [0.15, 0.2) is 48.5 Å². The first-order valence-electron chi connectivity index (χ1n) is 7.49. The molecule has 0 saturated carbocycles. The van der Waals surface area contributed by atoms with Crippen molar-refractivity contribution in [1.82, 2.24) is 0 Å². The van der Waals surface area contributed by atoms with Crippen molar-refractivity contribution in [3.05, 3.63) is 54.1 Å². The van der Waals surface area contributed by atoms with Gasteiger partial charge in [-0.05, 0) is 18.1 Å². The van der Waals surface area contributed by atoms with Gasteiger partial charge in [0, 0.05) is 12.1 Å². The first-order chi connectivity index (χ1) is 10.6. The number of amides is 1. The van der Waals surface area contributed by atoms with E-state index in [-0.39, 0.29) is 5.91 Å². The molecule has 1 unspecified atom stereocenters. The molecule has 1 aliphatic heterocycles. The minimum Gasteiger partial charge on any atom is -0.474 e. The number of rotatable bonds is 3. The summed E-state index contributed by atoms with van der Waals surface area (Å²) in [6.45, 7) is 4.78. The summed E-state index contributed by atoms with van der Waals surface area (Å²) in [5.74, 6) is 0.935. The molecule has 2 N–H and O–H groups in total. The molecule has 3 rings (SSSR count). The molecule has 2 aromatic rings. The molecule has 0 saturated heterocycles. The predicted molar refractivity (Wildman–Crippen MR) is 87.9 cm³/mol. The highest BCUT2D eigenvalue weighted by Gasteiger charge is 2.36. The molecule has 0 fully saturated rings. The van der Waals surface area contributed by atoms with Gasteiger partial charge in [0.15, 0.2) is 0 Å². The van der Waals surface area contributed by atoms with Gasteiger partial charge in [-0.15, -0.1) is 0 Å². The summed E-state index contributed by atoms with van der Waals surface area (Å²) in [5.41, 5.74) is 8.19. The van der Waals surface area contributed by atoms with Crippen LogP contribution in [0.25, 0.3) is 0 Å². The zero-order chi connectivity index (χ0) is 15.7. The van der Waals surface area contributed by atoms with Crippen molar-refractivity contribution in [2.75, 3.05) is 17.2 Å². The van der Waals surface area contributed by atoms with Gasteiger partial charge in [-0.3, -0.25) is 4.79 Å². The Morgan fingerprint density at radius 1 is 1.14 bits per heavy atom. The van der Waals surface area contributed by atoms with Gasteiger partial charge < -0.3 is 15.4 Å². The van der Waals surface area contributed by atoms with E-state index >= 15 is 0 Å². The van der Waals surface area contributed by atoms with E-state index in [1.165, 1.54) is 0 Å². The van der Waals surface area contributed by atoms with E-state index in [0.29, 0.717) is 29.6 Å². The lowest BCUT2D eigenvalue weighted by atomic mass is 10.0. The Hall–Kier alpha value is -2.49. The van der Waals surface area contributed by atoms with E-state index in [4.69, 9.17) is 10.5 Å². The molecule has 0 spiro atoms. The second kappa shape index (κ2) is 5.72. The first kappa shape index (κ1) is 14.4. The van der Waals surface area contributed by atoms with Crippen LogP contribution >= 0.6 is 0 Å². The molecular formula is C18H20N2O2. The summed E-state index contributed by atoms with van der Waals surface area (Å²) in [7, 11) is 0. The maximum absolute atomic E-state index is 12.9. The van der Waals surface area contributed by atoms with Crippen LogP contribution in [0.5, 0.6) is 5.75 Å². The number of fused-ring (bicyclic) bond motifs is 1. The SMILES string of the molecule is CC(C)CN1C(=O)C(c2ccccc2)Oc2cccc(N)c21. The number of para-hydroxylation sites is 1. The molecule has 1 aliphatic rings. The van der Waals surface area contributed by atoms with Crippen molar-refractivity contribution < 1.29 is 9.53 Å². The second-order valence-electron chi connectivity index (χ2n) is 5.95. The van der Waals surface area contributed by atoms with Crippen LogP contribution in [0.1, 0.15) is 25.5 Å². The van der Waals surface area contributed by atoms with Crippen LogP contribution in [0, 0.1) is 5.92 Å². The summed E-state index contributed by atoms with van der Waals surface area (Å²) < 4.78 is 5.95. The summed E-state index contributed by atoms with van der Waals surface area (Å²) in [6, 6.07) is 15.1. The Kier molecular flexibility index (Phi) is 3.75. The molecule has 1 heterocycles. The number of nitrogens with two attached hydrogens (primary N) is 1. The van der Waals surface area contributed by atoms with Crippen molar-refractivity contribution in [3.8, 4) is 5.75 Å². The lowest BCUT2D eigenvalue weighted by molar-refractivity contribution is -0.126. The monoisotopic (exact) mass is 296 g/mol. The fourth-order valence-electron chi connectivity index (χ4n) is 2.74. The van der Waals surface area contributed by atoms with Crippen LogP contribution in [0.3, 0.4) is 0 Å². The van der Waals surface area contributed by atoms with Gasteiger partial charge in [0.05, 0.1) is 5.69 Å². The van der Waals surface area contributed by atoms with Gasteiger partial charge in [-0.1, -0.05) is 50.2 Å². The predicted octanol–water partition coefficient (Wildman–Crippen LogP) is 3.39. The van der Waals surface area contributed by atoms with E-state index in [1.807, 2.05) is 42.5 Å². The minimum absolute atomic E-state index is 0.0645. The molecule has 0 radical (unpaired) electrons. The molecule has 2 aromatic carbocycles. The summed E-state index contributed by atoms with van der Waals surface area (Å²) in [6.07, 6.45) is -0.616. The van der Waals surface area contributed by atoms with Gasteiger partial charge >= 0.3 is 0 Å². The van der Waals surface area contributed by atoms with Crippen molar-refractivity contribution >= 4 is 17.3 Å². The van der Waals surface area contributed by atoms with Gasteiger partial charge in [0.25, 0.3) is 5.91 Å². The van der Waals surface area contributed by atoms with Crippen LogP contribution in [0.4, 0.5) is 11.4 Å². The largest absolute Gasteiger partial charge is 0.474 e. The Labute approximate surface area is 130 Å². The van der Waals surface area contributed by atoms with Crippen molar-refractivity contribution in [2.45, 2.75) is 20.0 Å². The van der Waals surface area contributed by atoms with Crippen LogP contribution < -0.4 is 15.4 Å². The summed E-state index contributed by atoms with van der Waals surface area (Å²) in [4.78, 5) is 14.7. The van der Waals surface area contributed by atoms with Gasteiger partial charge in [0.2, 0.25) is 6.10 Å². The highest BCUT2D eigenvalue weighted by Crippen LogP contribution is 2.42. The fourth-order valence-corrected chi connectivity index (χ4v) is 2.74. The average Bonchev–Trinajstić information content (AvgIpc) is 2.50. The van der Waals surface area contributed by atoms with E-state index < -0.39 is 6.10 Å². The molecule has 22 heavy (non-hydrogen) atoms. The standard InChI is InChI=1S/C18H20N2O2/c1-12(2)11-20-16-14(19)9-6-10-15(16)22-17(18(20)21)13-7-4-3-5-8-13/h3-10,12,17H,11,19H2,1-2H3. The molecule has 1 atom stereocenters. The van der Waals surface area contributed by atoms with Crippen LogP contribution in [-0.2, 0) is 4.79 Å². The van der Waals surface area contributed by atoms with E-state index in [2.05, 4.69) is 13.8 Å². The smallest absolute Gasteiger partial charge is 0.272 e. The van der Waals surface area contributed by atoms with Crippen molar-refractivity contribution in [2.24, 2.45) is 5.92 Å². The third-order valence-corrected chi connectivity index (χ3v) is 3.69. The second-order valence-corrected chi connectivity index (χ2v) is 5.95. The number of ether oxygens (including phenoxy) is 1. The first-order valence-corrected chi connectivity index (χ1v) is 7.49. The number of nitrogens with zero attached hydrogens (tertiary/aromatic N) is 1. The third-order valence-electron chi connectivity index (χ3n) is 3.69. The van der Waals surface area contributed by atoms with E-state index in [0.717, 1.165) is 5.56 Å². The van der Waals surface area contributed by atoms with E-state index in [9.17, 15) is 4.79 Å². The van der Waals surface area contributed by atoms with Gasteiger partial charge in [0.1, 0.15) is 11.4 Å². The number of benzene rings is 2. The average molecular weight is 296 g/mol. The summed E-state index contributed by atoms with van der Waals surface area (Å²) in [5, 5.41) is 0. The van der Waals surface area contributed by atoms with Crippen LogP contribution in [-0.4, -0.2) is 12.5 Å². The highest BCUT2D eigenvalue weighted by atomic mass is 16.5. The molecule has 4 heteroatoms. The van der Waals surface area contributed by atoms with Crippen molar-refractivity contribution in [1.29, 1.82) is 0 Å². The maximum Gasteiger partial charge on any atom is 0.272 e. The van der Waals surface area contributed by atoms with Gasteiger partial charge in [-0.25, -0.2) is 0 Å². The molecule has 0 aromatic heterocycles. The number of hydrogen-bond acceptors (Lipinski definition) is 3. The fraction of sp³-hybridized carbons (Fsp3) is 0.278. The highest BCUT2D eigenvalue weighted by molar-refractivity contribution is 6.03. The number of hydrogen-bond donors (Lipinski definition) is 1. The molecule has 114 valence electrons. The zero-order valence-electron chi connectivity index (χ0n) is 12.8. The zero-order valence-corrected chi connectivity index (χ0v) is 12.8. The maximum atomic E-state index is 12.9. The molecule has 4 nitrogen and oxygen atoms in total.